The molecule has 0 saturated heterocycles. The molecule has 1 N–H and O–H groups in total. The van der Waals surface area contributed by atoms with Crippen molar-refractivity contribution in [3.05, 3.63) is 24.2 Å². The summed E-state index contributed by atoms with van der Waals surface area (Å²) in [5, 5.41) is 7.46. The average Bonchev–Trinajstić information content (AvgIpc) is 2.96. The quantitative estimate of drug-likeness (QED) is 0.857. The molecule has 1 aliphatic carbocycles. The number of carbonyl (C=O) groups excluding carboxylic acids is 1. The fourth-order valence-corrected chi connectivity index (χ4v) is 2.27. The van der Waals surface area contributed by atoms with Crippen LogP contribution in [0.4, 0.5) is 0 Å². The van der Waals surface area contributed by atoms with Gasteiger partial charge in [-0.1, -0.05) is 18.0 Å². The molecule has 2 aromatic rings. The molecule has 0 aromatic carbocycles. The second-order valence-electron chi connectivity index (χ2n) is 4.36. The number of nitrogens with one attached hydrogen (secondary N) is 1. The van der Waals surface area contributed by atoms with Gasteiger partial charge in [-0.15, -0.1) is 0 Å². The van der Waals surface area contributed by atoms with Crippen LogP contribution < -0.4 is 5.32 Å². The summed E-state index contributed by atoms with van der Waals surface area (Å²) in [4.78, 5) is 16.0. The summed E-state index contributed by atoms with van der Waals surface area (Å²) >= 11 is 0. The lowest BCUT2D eigenvalue weighted by atomic mass is 10.2. The van der Waals surface area contributed by atoms with Crippen LogP contribution in [0.25, 0.3) is 11.0 Å². The molecular weight excluding hydrogens is 218 g/mol. The van der Waals surface area contributed by atoms with E-state index < -0.39 is 0 Å². The minimum Gasteiger partial charge on any atom is -0.355 e. The van der Waals surface area contributed by atoms with E-state index in [1.165, 1.54) is 12.8 Å². The molecular formula is C12H13N3O2. The van der Waals surface area contributed by atoms with Crippen molar-refractivity contribution >= 4 is 16.9 Å². The summed E-state index contributed by atoms with van der Waals surface area (Å²) < 4.78 is 5.08. The molecule has 2 heterocycles. The van der Waals surface area contributed by atoms with Crippen LogP contribution in [0.5, 0.6) is 0 Å². The molecule has 1 saturated carbocycles. The molecule has 2 aromatic heterocycles. The van der Waals surface area contributed by atoms with Crippen LogP contribution >= 0.6 is 0 Å². The van der Waals surface area contributed by atoms with E-state index >= 15 is 0 Å². The summed E-state index contributed by atoms with van der Waals surface area (Å²) in [6.45, 7) is 0. The van der Waals surface area contributed by atoms with E-state index in [1.807, 2.05) is 0 Å². The standard InChI is InChI=1S/C12H13N3O2/c16-12(14-8-3-1-2-4-8)11-9-7-13-6-5-10(9)17-15-11/h5-8H,1-4H2,(H,14,16). The highest BCUT2D eigenvalue weighted by molar-refractivity contribution is 6.03. The first-order valence-electron chi connectivity index (χ1n) is 5.85. The lowest BCUT2D eigenvalue weighted by molar-refractivity contribution is 0.0930. The Morgan fingerprint density at radius 2 is 2.24 bits per heavy atom. The Hall–Kier alpha value is -1.91. The van der Waals surface area contributed by atoms with E-state index in [2.05, 4.69) is 15.5 Å². The highest BCUT2D eigenvalue weighted by atomic mass is 16.5. The average molecular weight is 231 g/mol. The van der Waals surface area contributed by atoms with Gasteiger partial charge in [0.05, 0.1) is 5.39 Å². The maximum atomic E-state index is 12.0. The number of rotatable bonds is 2. The van der Waals surface area contributed by atoms with Crippen LogP contribution in [0, 0.1) is 0 Å². The molecule has 0 atom stereocenters. The predicted molar refractivity (Wildman–Crippen MR) is 61.5 cm³/mol. The van der Waals surface area contributed by atoms with Gasteiger partial charge in [0, 0.05) is 24.5 Å². The maximum absolute atomic E-state index is 12.0. The molecule has 0 aliphatic heterocycles. The third kappa shape index (κ3) is 1.88. The number of hydrogen-bond donors (Lipinski definition) is 1. The third-order valence-corrected chi connectivity index (χ3v) is 3.18. The first-order valence-corrected chi connectivity index (χ1v) is 5.85. The van der Waals surface area contributed by atoms with Crippen molar-refractivity contribution in [2.75, 3.05) is 0 Å². The number of pyridine rings is 1. The Labute approximate surface area is 98.2 Å². The minimum atomic E-state index is -0.163. The maximum Gasteiger partial charge on any atom is 0.274 e. The van der Waals surface area contributed by atoms with E-state index in [9.17, 15) is 4.79 Å². The van der Waals surface area contributed by atoms with Gasteiger partial charge in [-0.3, -0.25) is 9.78 Å². The smallest absolute Gasteiger partial charge is 0.274 e. The van der Waals surface area contributed by atoms with Gasteiger partial charge in [0.25, 0.3) is 5.91 Å². The van der Waals surface area contributed by atoms with E-state index in [1.54, 1.807) is 18.5 Å². The Balaban J connectivity index is 1.85. The van der Waals surface area contributed by atoms with Gasteiger partial charge in [-0.05, 0) is 12.8 Å². The van der Waals surface area contributed by atoms with E-state index in [4.69, 9.17) is 4.52 Å². The van der Waals surface area contributed by atoms with Crippen LogP contribution in [0.15, 0.2) is 23.0 Å². The molecule has 0 unspecified atom stereocenters. The second-order valence-corrected chi connectivity index (χ2v) is 4.36. The molecule has 0 bridgehead atoms. The fourth-order valence-electron chi connectivity index (χ4n) is 2.27. The summed E-state index contributed by atoms with van der Waals surface area (Å²) in [7, 11) is 0. The summed E-state index contributed by atoms with van der Waals surface area (Å²) in [6, 6.07) is 1.99. The van der Waals surface area contributed by atoms with Gasteiger partial charge >= 0.3 is 0 Å². The highest BCUT2D eigenvalue weighted by Gasteiger charge is 2.21. The first-order chi connectivity index (χ1) is 8.34. The topological polar surface area (TPSA) is 68.0 Å². The number of nitrogens with zero attached hydrogens (tertiary/aromatic N) is 2. The van der Waals surface area contributed by atoms with Crippen LogP contribution in [-0.2, 0) is 0 Å². The van der Waals surface area contributed by atoms with E-state index in [0.29, 0.717) is 16.7 Å². The van der Waals surface area contributed by atoms with Crippen LogP contribution in [-0.4, -0.2) is 22.1 Å². The van der Waals surface area contributed by atoms with Crippen molar-refractivity contribution in [1.82, 2.24) is 15.5 Å². The highest BCUT2D eigenvalue weighted by Crippen LogP contribution is 2.20. The lowest BCUT2D eigenvalue weighted by Crippen LogP contribution is -2.32. The van der Waals surface area contributed by atoms with Crippen molar-refractivity contribution in [3.8, 4) is 0 Å². The number of carbonyl (C=O) groups is 1. The molecule has 17 heavy (non-hydrogen) atoms. The van der Waals surface area contributed by atoms with Gasteiger partial charge in [-0.2, -0.15) is 0 Å². The zero-order valence-corrected chi connectivity index (χ0v) is 9.35. The normalized spacial score (nSPS) is 16.5. The van der Waals surface area contributed by atoms with Gasteiger partial charge in [-0.25, -0.2) is 0 Å². The van der Waals surface area contributed by atoms with Crippen molar-refractivity contribution in [2.45, 2.75) is 31.7 Å². The zero-order valence-electron chi connectivity index (χ0n) is 9.35. The molecule has 5 heteroatoms. The van der Waals surface area contributed by atoms with E-state index in [-0.39, 0.29) is 11.9 Å². The molecule has 1 amide bonds. The number of hydrogen-bond acceptors (Lipinski definition) is 4. The minimum absolute atomic E-state index is 0.163. The number of fused-ring (bicyclic) bond motifs is 1. The van der Waals surface area contributed by atoms with Gasteiger partial charge in [0.1, 0.15) is 0 Å². The molecule has 88 valence electrons. The van der Waals surface area contributed by atoms with Crippen molar-refractivity contribution in [1.29, 1.82) is 0 Å². The van der Waals surface area contributed by atoms with Gasteiger partial charge in [0.15, 0.2) is 11.3 Å². The van der Waals surface area contributed by atoms with Crippen molar-refractivity contribution in [2.24, 2.45) is 0 Å². The SMILES string of the molecule is O=C(NC1CCCC1)c1noc2ccncc12. The first kappa shape index (κ1) is 10.3. The van der Waals surface area contributed by atoms with Gasteiger partial charge in [0.2, 0.25) is 0 Å². The number of aromatic nitrogens is 2. The Morgan fingerprint density at radius 3 is 3.06 bits per heavy atom. The zero-order chi connectivity index (χ0) is 11.7. The molecule has 0 spiro atoms. The Morgan fingerprint density at radius 1 is 1.41 bits per heavy atom. The molecule has 3 rings (SSSR count). The largest absolute Gasteiger partial charge is 0.355 e. The third-order valence-electron chi connectivity index (χ3n) is 3.18. The fraction of sp³-hybridized carbons (Fsp3) is 0.417. The number of amides is 1. The molecule has 0 radical (unpaired) electrons. The van der Waals surface area contributed by atoms with Crippen LogP contribution in [0.3, 0.4) is 0 Å². The molecule has 5 nitrogen and oxygen atoms in total. The Kier molecular flexibility index (Phi) is 2.51. The van der Waals surface area contributed by atoms with Crippen LogP contribution in [0.2, 0.25) is 0 Å². The Bertz CT molecular complexity index is 543. The summed E-state index contributed by atoms with van der Waals surface area (Å²) in [5.74, 6) is -0.163. The van der Waals surface area contributed by atoms with E-state index in [0.717, 1.165) is 12.8 Å². The predicted octanol–water partition coefficient (Wildman–Crippen LogP) is 1.90. The lowest BCUT2D eigenvalue weighted by Gasteiger charge is -2.09. The second kappa shape index (κ2) is 4.16. The summed E-state index contributed by atoms with van der Waals surface area (Å²) in [6.07, 6.45) is 7.71. The monoisotopic (exact) mass is 231 g/mol. The van der Waals surface area contributed by atoms with Gasteiger partial charge < -0.3 is 9.84 Å². The molecule has 1 fully saturated rings. The van der Waals surface area contributed by atoms with Crippen molar-refractivity contribution in [3.63, 3.8) is 0 Å². The van der Waals surface area contributed by atoms with Crippen LogP contribution in [0.1, 0.15) is 36.2 Å². The van der Waals surface area contributed by atoms with Crippen molar-refractivity contribution < 1.29 is 9.32 Å². The summed E-state index contributed by atoms with van der Waals surface area (Å²) in [5.41, 5.74) is 0.927. The molecule has 1 aliphatic rings.